The minimum Gasteiger partial charge on any atom is -0.461 e. The van der Waals surface area contributed by atoms with Crippen LogP contribution in [0, 0.1) is 5.92 Å². The lowest BCUT2D eigenvalue weighted by Crippen LogP contribution is -2.49. The zero-order valence-electron chi connectivity index (χ0n) is 17.4. The van der Waals surface area contributed by atoms with E-state index in [1.807, 2.05) is 37.8 Å². The number of piperidine rings is 1. The van der Waals surface area contributed by atoms with Gasteiger partial charge in [0.1, 0.15) is 17.1 Å². The van der Waals surface area contributed by atoms with E-state index in [0.29, 0.717) is 30.7 Å². The van der Waals surface area contributed by atoms with Crippen molar-refractivity contribution in [1.29, 1.82) is 0 Å². The molecule has 154 valence electrons. The van der Waals surface area contributed by atoms with Crippen molar-refractivity contribution < 1.29 is 18.7 Å². The molecule has 1 N–H and O–H groups in total. The van der Waals surface area contributed by atoms with Gasteiger partial charge in [-0.3, -0.25) is 4.79 Å². The molecule has 0 bridgehead atoms. The molecule has 1 aromatic heterocycles. The average molecular weight is 389 g/mol. The number of furan rings is 1. The van der Waals surface area contributed by atoms with E-state index in [0.717, 1.165) is 25.0 Å². The van der Waals surface area contributed by atoms with E-state index in [9.17, 15) is 9.59 Å². The summed E-state index contributed by atoms with van der Waals surface area (Å²) >= 11 is 0. The van der Waals surface area contributed by atoms with Crippen LogP contribution in [0.1, 0.15) is 70.8 Å². The first-order valence-electron chi connectivity index (χ1n) is 10.3. The number of amides is 2. The molecule has 3 unspecified atom stereocenters. The maximum atomic E-state index is 12.7. The first-order valence-corrected chi connectivity index (χ1v) is 10.3. The summed E-state index contributed by atoms with van der Waals surface area (Å²) in [4.78, 5) is 26.5. The van der Waals surface area contributed by atoms with Crippen LogP contribution >= 0.6 is 0 Å². The van der Waals surface area contributed by atoms with Gasteiger partial charge in [-0.05, 0) is 70.6 Å². The van der Waals surface area contributed by atoms with Gasteiger partial charge >= 0.3 is 6.09 Å². The third-order valence-corrected chi connectivity index (χ3v) is 5.30. The third-order valence-electron chi connectivity index (χ3n) is 5.30. The van der Waals surface area contributed by atoms with Gasteiger partial charge < -0.3 is 19.4 Å². The molecule has 6 heteroatoms. The lowest BCUT2D eigenvalue weighted by molar-refractivity contribution is -0.129. The standard InChI is InChI=1S/C22H32N2O4/c1-15-13-18(15)19-10-8-17(27-19)9-11-20(25)24-12-6-5-7-16(24)14-23-21(26)28-22(2,3)4/h8-11,15-16,18H,5-7,12-14H2,1-4H3,(H,23,26)/b11-9+. The summed E-state index contributed by atoms with van der Waals surface area (Å²) < 4.78 is 11.1. The Hall–Kier alpha value is -2.24. The molecule has 28 heavy (non-hydrogen) atoms. The van der Waals surface area contributed by atoms with Crippen LogP contribution in [0.15, 0.2) is 22.6 Å². The predicted molar refractivity (Wildman–Crippen MR) is 108 cm³/mol. The highest BCUT2D eigenvalue weighted by molar-refractivity contribution is 5.91. The van der Waals surface area contributed by atoms with E-state index < -0.39 is 11.7 Å². The van der Waals surface area contributed by atoms with Gasteiger partial charge in [0.25, 0.3) is 0 Å². The van der Waals surface area contributed by atoms with Gasteiger partial charge in [-0.15, -0.1) is 0 Å². The molecular weight excluding hydrogens is 356 g/mol. The van der Waals surface area contributed by atoms with Crippen molar-refractivity contribution in [2.45, 2.75) is 70.9 Å². The van der Waals surface area contributed by atoms with Crippen molar-refractivity contribution in [2.24, 2.45) is 5.92 Å². The van der Waals surface area contributed by atoms with Crippen LogP contribution in [-0.2, 0) is 9.53 Å². The Morgan fingerprint density at radius 1 is 1.32 bits per heavy atom. The second-order valence-corrected chi connectivity index (χ2v) is 8.96. The van der Waals surface area contributed by atoms with Gasteiger partial charge in [0.05, 0.1) is 0 Å². The van der Waals surface area contributed by atoms with Crippen molar-refractivity contribution in [3.8, 4) is 0 Å². The maximum Gasteiger partial charge on any atom is 0.407 e. The average Bonchev–Trinajstić information content (AvgIpc) is 3.16. The molecule has 1 saturated heterocycles. The van der Waals surface area contributed by atoms with Crippen LogP contribution in [0.3, 0.4) is 0 Å². The van der Waals surface area contributed by atoms with E-state index in [1.165, 1.54) is 6.42 Å². The molecule has 2 amide bonds. The first kappa shape index (κ1) is 20.5. The molecule has 1 aliphatic heterocycles. The molecular formula is C22H32N2O4. The Morgan fingerprint density at radius 2 is 2.07 bits per heavy atom. The quantitative estimate of drug-likeness (QED) is 0.763. The SMILES string of the molecule is CC1CC1c1ccc(/C=C/C(=O)N2CCCCC2CNC(=O)OC(C)(C)C)o1. The Kier molecular flexibility index (Phi) is 6.16. The van der Waals surface area contributed by atoms with Gasteiger partial charge in [-0.1, -0.05) is 6.92 Å². The van der Waals surface area contributed by atoms with Gasteiger partial charge in [0.2, 0.25) is 5.91 Å². The summed E-state index contributed by atoms with van der Waals surface area (Å²) in [5.74, 6) is 2.90. The minimum absolute atomic E-state index is 0.0158. The fraction of sp³-hybridized carbons (Fsp3) is 0.636. The monoisotopic (exact) mass is 388 g/mol. The van der Waals surface area contributed by atoms with Gasteiger partial charge in [-0.2, -0.15) is 0 Å². The third kappa shape index (κ3) is 5.63. The van der Waals surface area contributed by atoms with Crippen molar-refractivity contribution in [3.05, 3.63) is 29.7 Å². The van der Waals surface area contributed by atoms with Crippen molar-refractivity contribution in [2.75, 3.05) is 13.1 Å². The number of ether oxygens (including phenoxy) is 1. The van der Waals surface area contributed by atoms with Gasteiger partial charge in [0, 0.05) is 31.1 Å². The number of alkyl carbamates (subject to hydrolysis) is 1. The summed E-state index contributed by atoms with van der Waals surface area (Å²) in [5, 5.41) is 2.80. The summed E-state index contributed by atoms with van der Waals surface area (Å²) in [6.07, 6.45) is 6.95. The Bertz CT molecular complexity index is 731. The molecule has 3 atom stereocenters. The minimum atomic E-state index is -0.533. The van der Waals surface area contributed by atoms with Crippen molar-refractivity contribution in [1.82, 2.24) is 10.2 Å². The lowest BCUT2D eigenvalue weighted by atomic mass is 10.0. The topological polar surface area (TPSA) is 71.8 Å². The molecule has 2 aliphatic rings. The van der Waals surface area contributed by atoms with Crippen molar-refractivity contribution in [3.63, 3.8) is 0 Å². The van der Waals surface area contributed by atoms with Gasteiger partial charge in [-0.25, -0.2) is 4.79 Å². The summed E-state index contributed by atoms with van der Waals surface area (Å²) in [6.45, 7) is 8.81. The number of rotatable bonds is 5. The number of nitrogens with zero attached hydrogens (tertiary/aromatic N) is 1. The second-order valence-electron chi connectivity index (χ2n) is 8.96. The number of carbonyl (C=O) groups excluding carboxylic acids is 2. The maximum absolute atomic E-state index is 12.7. The first-order chi connectivity index (χ1) is 13.2. The van der Waals surface area contributed by atoms with Crippen LogP contribution < -0.4 is 5.32 Å². The van der Waals surface area contributed by atoms with Crippen LogP contribution in [0.5, 0.6) is 0 Å². The lowest BCUT2D eigenvalue weighted by Gasteiger charge is -2.35. The molecule has 3 rings (SSSR count). The molecule has 0 spiro atoms. The number of carbonyl (C=O) groups is 2. The zero-order valence-corrected chi connectivity index (χ0v) is 17.4. The molecule has 1 saturated carbocycles. The van der Waals surface area contributed by atoms with E-state index in [4.69, 9.17) is 9.15 Å². The fourth-order valence-corrected chi connectivity index (χ4v) is 3.64. The largest absolute Gasteiger partial charge is 0.461 e. The second kappa shape index (κ2) is 8.41. The Morgan fingerprint density at radius 3 is 2.75 bits per heavy atom. The number of likely N-dealkylation sites (tertiary alicyclic amines) is 1. The number of nitrogens with one attached hydrogen (secondary N) is 1. The molecule has 1 aliphatic carbocycles. The van der Waals surface area contributed by atoms with Crippen molar-refractivity contribution >= 4 is 18.1 Å². The summed E-state index contributed by atoms with van der Waals surface area (Å²) in [7, 11) is 0. The normalized spacial score (nSPS) is 25.0. The zero-order chi connectivity index (χ0) is 20.3. The summed E-state index contributed by atoms with van der Waals surface area (Å²) in [5.41, 5.74) is -0.533. The molecule has 0 aromatic carbocycles. The van der Waals surface area contributed by atoms with E-state index in [1.54, 1.807) is 12.2 Å². The summed E-state index contributed by atoms with van der Waals surface area (Å²) in [6, 6.07) is 3.91. The van der Waals surface area contributed by atoms with E-state index in [2.05, 4.69) is 12.2 Å². The fourth-order valence-electron chi connectivity index (χ4n) is 3.64. The Balaban J connectivity index is 1.54. The molecule has 2 heterocycles. The molecule has 6 nitrogen and oxygen atoms in total. The van der Waals surface area contributed by atoms with Crippen LogP contribution in [0.25, 0.3) is 6.08 Å². The van der Waals surface area contributed by atoms with Crippen LogP contribution in [-0.4, -0.2) is 41.6 Å². The van der Waals surface area contributed by atoms with Crippen LogP contribution in [0.4, 0.5) is 4.79 Å². The molecule has 2 fully saturated rings. The van der Waals surface area contributed by atoms with E-state index in [-0.39, 0.29) is 11.9 Å². The number of hydrogen-bond donors (Lipinski definition) is 1. The van der Waals surface area contributed by atoms with Crippen LogP contribution in [0.2, 0.25) is 0 Å². The highest BCUT2D eigenvalue weighted by Gasteiger charge is 2.36. The smallest absolute Gasteiger partial charge is 0.407 e. The molecule has 0 radical (unpaired) electrons. The van der Waals surface area contributed by atoms with Gasteiger partial charge in [0.15, 0.2) is 0 Å². The highest BCUT2D eigenvalue weighted by Crippen LogP contribution is 2.47. The molecule has 1 aromatic rings. The van der Waals surface area contributed by atoms with E-state index >= 15 is 0 Å². The Labute approximate surface area is 167 Å². The number of hydrogen-bond acceptors (Lipinski definition) is 4. The predicted octanol–water partition coefficient (Wildman–Crippen LogP) is 4.32. The highest BCUT2D eigenvalue weighted by atomic mass is 16.6.